The fourth-order valence-corrected chi connectivity index (χ4v) is 5.92. The molecule has 1 aromatic carbocycles. The van der Waals surface area contributed by atoms with Crippen LogP contribution in [0.5, 0.6) is 5.75 Å². The van der Waals surface area contributed by atoms with E-state index < -0.39 is 17.4 Å². The predicted octanol–water partition coefficient (Wildman–Crippen LogP) is 4.77. The van der Waals surface area contributed by atoms with Crippen LogP contribution in [0.25, 0.3) is 22.4 Å². The van der Waals surface area contributed by atoms with Gasteiger partial charge in [0.05, 0.1) is 23.7 Å². The van der Waals surface area contributed by atoms with E-state index in [2.05, 4.69) is 44.4 Å². The molecule has 0 aliphatic heterocycles. The van der Waals surface area contributed by atoms with E-state index in [0.29, 0.717) is 22.7 Å². The largest absolute Gasteiger partial charge is 0.507 e. The molecule has 7 nitrogen and oxygen atoms in total. The molecule has 0 spiro atoms. The van der Waals surface area contributed by atoms with Gasteiger partial charge in [0.25, 0.3) is 0 Å². The molecule has 2 aromatic heterocycles. The zero-order chi connectivity index (χ0) is 23.4. The van der Waals surface area contributed by atoms with Crippen LogP contribution in [-0.4, -0.2) is 43.8 Å². The summed E-state index contributed by atoms with van der Waals surface area (Å²) in [5.74, 6) is -2.11. The lowest BCUT2D eigenvalue weighted by molar-refractivity contribution is 0.148. The van der Waals surface area contributed by atoms with Crippen LogP contribution in [0.1, 0.15) is 46.0 Å². The zero-order valence-corrected chi connectivity index (χ0v) is 18.9. The first kappa shape index (κ1) is 21.6. The van der Waals surface area contributed by atoms with Crippen molar-refractivity contribution in [1.29, 1.82) is 0 Å². The van der Waals surface area contributed by atoms with Crippen molar-refractivity contribution in [2.75, 3.05) is 11.9 Å². The Labute approximate surface area is 190 Å². The smallest absolute Gasteiger partial charge is 0.172 e. The number of aromatic hydroxyl groups is 1. The average molecular weight is 453 g/mol. The van der Waals surface area contributed by atoms with Gasteiger partial charge in [-0.3, -0.25) is 0 Å². The number of hydrogen-bond acceptors (Lipinski definition) is 7. The van der Waals surface area contributed by atoms with E-state index in [-0.39, 0.29) is 22.4 Å². The summed E-state index contributed by atoms with van der Waals surface area (Å²) < 4.78 is 29.7. The molecule has 1 unspecified atom stereocenters. The Bertz CT molecular complexity index is 1170. The highest BCUT2D eigenvalue weighted by molar-refractivity contribution is 5.75. The second kappa shape index (κ2) is 7.67. The summed E-state index contributed by atoms with van der Waals surface area (Å²) in [6, 6.07) is 4.78. The van der Waals surface area contributed by atoms with Gasteiger partial charge >= 0.3 is 0 Å². The second-order valence-electron chi connectivity index (χ2n) is 10.2. The number of halogens is 2. The quantitative estimate of drug-likeness (QED) is 0.610. The Kier molecular flexibility index (Phi) is 5.02. The molecule has 33 heavy (non-hydrogen) atoms. The lowest BCUT2D eigenvalue weighted by atomic mass is 9.68. The fraction of sp³-hybridized carbons (Fsp3) is 0.458. The SMILES string of the molecule is CN(c1ccc(-c2c(O)cc(-c3cnnnc3)c(F)c2F)nn1)C1C[C@]2(C)CC[C@](C)(C1)C2. The molecule has 5 rings (SSSR count). The third-order valence-electron chi connectivity index (χ3n) is 7.45. The normalized spacial score (nSPS) is 26.4. The number of rotatable bonds is 4. The van der Waals surface area contributed by atoms with E-state index >= 15 is 0 Å². The van der Waals surface area contributed by atoms with Crippen molar-refractivity contribution in [3.8, 4) is 28.1 Å². The number of fused-ring (bicyclic) bond motifs is 2. The van der Waals surface area contributed by atoms with Gasteiger partial charge in [-0.25, -0.2) is 8.78 Å². The van der Waals surface area contributed by atoms with Crippen molar-refractivity contribution in [1.82, 2.24) is 25.6 Å². The van der Waals surface area contributed by atoms with Crippen LogP contribution in [0, 0.1) is 22.5 Å². The summed E-state index contributed by atoms with van der Waals surface area (Å²) in [7, 11) is 2.01. The van der Waals surface area contributed by atoms with E-state index in [1.807, 2.05) is 7.05 Å². The fourth-order valence-electron chi connectivity index (χ4n) is 5.92. The molecular formula is C24H26F2N6O. The Morgan fingerprint density at radius 1 is 1.00 bits per heavy atom. The van der Waals surface area contributed by atoms with E-state index in [9.17, 15) is 13.9 Å². The number of hydrogen-bond donors (Lipinski definition) is 1. The van der Waals surface area contributed by atoms with Crippen LogP contribution < -0.4 is 4.90 Å². The van der Waals surface area contributed by atoms with Crippen molar-refractivity contribution >= 4 is 5.82 Å². The van der Waals surface area contributed by atoms with Crippen molar-refractivity contribution in [2.45, 2.75) is 52.0 Å². The van der Waals surface area contributed by atoms with Crippen LogP contribution in [0.4, 0.5) is 14.6 Å². The molecule has 2 aliphatic rings. The van der Waals surface area contributed by atoms with Crippen molar-refractivity contribution < 1.29 is 13.9 Å². The molecule has 3 aromatic rings. The maximum atomic E-state index is 15.0. The van der Waals surface area contributed by atoms with Gasteiger partial charge in [0.15, 0.2) is 17.5 Å². The summed E-state index contributed by atoms with van der Waals surface area (Å²) >= 11 is 0. The van der Waals surface area contributed by atoms with Gasteiger partial charge in [-0.2, -0.15) is 0 Å². The predicted molar refractivity (Wildman–Crippen MR) is 119 cm³/mol. The highest BCUT2D eigenvalue weighted by Gasteiger charge is 2.50. The summed E-state index contributed by atoms with van der Waals surface area (Å²) in [6.07, 6.45) is 8.46. The number of aromatic nitrogens is 5. The first-order chi connectivity index (χ1) is 15.7. The summed E-state index contributed by atoms with van der Waals surface area (Å²) in [4.78, 5) is 2.14. The van der Waals surface area contributed by atoms with Gasteiger partial charge in [-0.15, -0.1) is 20.4 Å². The van der Waals surface area contributed by atoms with Gasteiger partial charge in [-0.05, 0) is 66.3 Å². The third kappa shape index (κ3) is 3.79. The van der Waals surface area contributed by atoms with Crippen molar-refractivity contribution in [2.24, 2.45) is 10.8 Å². The Morgan fingerprint density at radius 3 is 2.27 bits per heavy atom. The number of benzene rings is 1. The van der Waals surface area contributed by atoms with Gasteiger partial charge in [-0.1, -0.05) is 13.8 Å². The monoisotopic (exact) mass is 452 g/mol. The Balaban J connectivity index is 1.43. The molecule has 2 saturated carbocycles. The summed E-state index contributed by atoms with van der Waals surface area (Å²) in [6.45, 7) is 4.74. The Hall–Kier alpha value is -3.23. The van der Waals surface area contributed by atoms with Gasteiger partial charge in [0, 0.05) is 24.2 Å². The number of anilines is 1. The molecule has 0 amide bonds. The lowest BCUT2D eigenvalue weighted by Crippen LogP contribution is -2.42. The molecule has 172 valence electrons. The standard InChI is InChI=1S/C24H26F2N6O/c1-23-6-7-24(2,13-23)10-15(9-23)32(3)19-5-4-17(29-30-19)20-18(33)8-16(21(25)22(20)26)14-11-27-31-28-12-14/h4-5,8,11-12,15,33H,6-7,9-10,13H2,1-3H3/t15?,23-,24+. The highest BCUT2D eigenvalue weighted by Crippen LogP contribution is 2.58. The first-order valence-electron chi connectivity index (χ1n) is 11.1. The minimum Gasteiger partial charge on any atom is -0.507 e. The van der Waals surface area contributed by atoms with E-state index in [1.54, 1.807) is 12.1 Å². The lowest BCUT2D eigenvalue weighted by Gasteiger charge is -2.44. The molecule has 3 atom stereocenters. The van der Waals surface area contributed by atoms with Gasteiger partial charge in [0.1, 0.15) is 5.75 Å². The molecule has 1 N–H and O–H groups in total. The van der Waals surface area contributed by atoms with Gasteiger partial charge < -0.3 is 10.0 Å². The van der Waals surface area contributed by atoms with Crippen LogP contribution in [-0.2, 0) is 0 Å². The molecule has 2 aliphatic carbocycles. The third-order valence-corrected chi connectivity index (χ3v) is 7.45. The molecule has 2 fully saturated rings. The minimum atomic E-state index is -1.21. The van der Waals surface area contributed by atoms with Crippen LogP contribution in [0.2, 0.25) is 0 Å². The molecule has 0 saturated heterocycles. The minimum absolute atomic E-state index is 0.0567. The molecule has 2 heterocycles. The maximum Gasteiger partial charge on any atom is 0.172 e. The van der Waals surface area contributed by atoms with Crippen LogP contribution in [0.15, 0.2) is 30.6 Å². The maximum absolute atomic E-state index is 15.0. The average Bonchev–Trinajstić information content (AvgIpc) is 3.03. The molecular weight excluding hydrogens is 426 g/mol. The van der Waals surface area contributed by atoms with E-state index in [1.165, 1.54) is 31.7 Å². The molecule has 0 radical (unpaired) electrons. The second-order valence-corrected chi connectivity index (χ2v) is 10.2. The number of phenols is 1. The molecule has 9 heteroatoms. The zero-order valence-electron chi connectivity index (χ0n) is 18.9. The first-order valence-corrected chi connectivity index (χ1v) is 11.1. The van der Waals surface area contributed by atoms with Crippen molar-refractivity contribution in [3.63, 3.8) is 0 Å². The summed E-state index contributed by atoms with van der Waals surface area (Å²) in [5.41, 5.74) is 0.482. The molecule has 2 bridgehead atoms. The van der Waals surface area contributed by atoms with Gasteiger partial charge in [0.2, 0.25) is 0 Å². The topological polar surface area (TPSA) is 87.9 Å². The van der Waals surface area contributed by atoms with Crippen LogP contribution >= 0.6 is 0 Å². The van der Waals surface area contributed by atoms with Crippen molar-refractivity contribution in [3.05, 3.63) is 42.2 Å². The van der Waals surface area contributed by atoms with E-state index in [0.717, 1.165) is 18.9 Å². The summed E-state index contributed by atoms with van der Waals surface area (Å²) in [5, 5.41) is 29.4. The van der Waals surface area contributed by atoms with E-state index in [4.69, 9.17) is 0 Å². The number of phenolic OH excluding ortho intramolecular Hbond substituents is 1. The Morgan fingerprint density at radius 2 is 1.67 bits per heavy atom. The number of nitrogens with zero attached hydrogens (tertiary/aromatic N) is 6. The highest BCUT2D eigenvalue weighted by atomic mass is 19.2. The van der Waals surface area contributed by atoms with Crippen LogP contribution in [0.3, 0.4) is 0 Å².